The zero-order valence-corrected chi connectivity index (χ0v) is 12.6. The third kappa shape index (κ3) is 2.85. The number of benzene rings is 1. The van der Waals surface area contributed by atoms with E-state index < -0.39 is 17.6 Å². The number of carbonyl (C=O) groups is 2. The second-order valence-electron chi connectivity index (χ2n) is 4.17. The van der Waals surface area contributed by atoms with Crippen molar-refractivity contribution in [2.24, 2.45) is 5.92 Å². The number of ketones is 1. The molecule has 0 radical (unpaired) electrons. The molecule has 0 spiro atoms. The molecule has 2 N–H and O–H groups in total. The van der Waals surface area contributed by atoms with E-state index in [2.05, 4.69) is 31.4 Å². The number of carbonyl (C=O) groups excluding carboxylic acids is 2. The molecule has 0 aliphatic rings. The van der Waals surface area contributed by atoms with Crippen molar-refractivity contribution >= 4 is 27.6 Å². The zero-order chi connectivity index (χ0) is 15.4. The third-order valence-corrected chi connectivity index (χ3v) is 3.67. The van der Waals surface area contributed by atoms with E-state index in [4.69, 9.17) is 5.26 Å². The van der Waals surface area contributed by atoms with Crippen molar-refractivity contribution in [2.75, 3.05) is 7.05 Å². The van der Waals surface area contributed by atoms with Crippen LogP contribution in [0.5, 0.6) is 0 Å². The summed E-state index contributed by atoms with van der Waals surface area (Å²) in [4.78, 5) is 23.8. The molecular weight excluding hydrogens is 336 g/mol. The molecule has 1 aromatic carbocycles. The van der Waals surface area contributed by atoms with Crippen molar-refractivity contribution in [2.45, 2.75) is 0 Å². The fraction of sp³-hybridized carbons (Fsp3) is 0.143. The summed E-state index contributed by atoms with van der Waals surface area (Å²) in [5.74, 6) is -2.68. The molecule has 1 amide bonds. The van der Waals surface area contributed by atoms with Crippen LogP contribution < -0.4 is 5.32 Å². The Balaban J connectivity index is 2.39. The molecule has 21 heavy (non-hydrogen) atoms. The monoisotopic (exact) mass is 346 g/mol. The third-order valence-electron chi connectivity index (χ3n) is 2.90. The molecule has 0 unspecified atom stereocenters. The molecule has 0 saturated carbocycles. The standard InChI is InChI=1S/C14H11BrN4O2/c1-17-14(21)9(7-16)13(20)12-10(15)11(18-19-12)8-5-3-2-4-6-8/h2-6,9H,1H3,(H,17,21)(H,18,19)/t9-/m0/s1. The van der Waals surface area contributed by atoms with Crippen molar-refractivity contribution in [1.29, 1.82) is 5.26 Å². The van der Waals surface area contributed by atoms with Crippen LogP contribution in [0.15, 0.2) is 34.8 Å². The maximum absolute atomic E-state index is 12.3. The highest BCUT2D eigenvalue weighted by Gasteiger charge is 2.30. The largest absolute Gasteiger partial charge is 0.358 e. The lowest BCUT2D eigenvalue weighted by molar-refractivity contribution is -0.121. The Hall–Kier alpha value is -2.46. The molecule has 1 atom stereocenters. The number of hydrogen-bond acceptors (Lipinski definition) is 4. The number of nitriles is 1. The van der Waals surface area contributed by atoms with Crippen molar-refractivity contribution in [3.63, 3.8) is 0 Å². The van der Waals surface area contributed by atoms with Gasteiger partial charge in [-0.1, -0.05) is 30.3 Å². The van der Waals surface area contributed by atoms with Crippen LogP contribution in [0.2, 0.25) is 0 Å². The Morgan fingerprint density at radius 3 is 2.62 bits per heavy atom. The second-order valence-corrected chi connectivity index (χ2v) is 4.96. The van der Waals surface area contributed by atoms with Gasteiger partial charge in [-0.2, -0.15) is 10.4 Å². The van der Waals surface area contributed by atoms with E-state index in [9.17, 15) is 9.59 Å². The molecule has 7 heteroatoms. The van der Waals surface area contributed by atoms with E-state index in [-0.39, 0.29) is 5.69 Å². The Bertz CT molecular complexity index is 718. The fourth-order valence-electron chi connectivity index (χ4n) is 1.80. The van der Waals surface area contributed by atoms with Gasteiger partial charge in [-0.3, -0.25) is 14.7 Å². The smallest absolute Gasteiger partial charge is 0.245 e. The molecule has 6 nitrogen and oxygen atoms in total. The van der Waals surface area contributed by atoms with E-state index in [1.807, 2.05) is 30.3 Å². The van der Waals surface area contributed by atoms with Crippen LogP contribution in [0.1, 0.15) is 10.5 Å². The second kappa shape index (κ2) is 6.33. The van der Waals surface area contributed by atoms with Crippen LogP contribution in [-0.4, -0.2) is 28.9 Å². The SMILES string of the molecule is CNC(=O)[C@@H](C#N)C(=O)c1[nH]nc(-c2ccccc2)c1Br. The van der Waals surface area contributed by atoms with Gasteiger partial charge in [0, 0.05) is 12.6 Å². The lowest BCUT2D eigenvalue weighted by atomic mass is 10.0. The number of aromatic amines is 1. The minimum atomic E-state index is -1.41. The summed E-state index contributed by atoms with van der Waals surface area (Å²) >= 11 is 3.30. The Kier molecular flexibility index (Phi) is 4.50. The summed E-state index contributed by atoms with van der Waals surface area (Å²) in [6, 6.07) is 10.9. The molecule has 1 heterocycles. The molecule has 106 valence electrons. The molecule has 1 aromatic heterocycles. The number of Topliss-reactive ketones (excluding diaryl/α,β-unsaturated/α-hetero) is 1. The van der Waals surface area contributed by atoms with Gasteiger partial charge in [0.2, 0.25) is 11.7 Å². The van der Waals surface area contributed by atoms with Crippen molar-refractivity contribution in [3.8, 4) is 17.3 Å². The summed E-state index contributed by atoms with van der Waals surface area (Å²) in [5, 5.41) is 17.9. The Morgan fingerprint density at radius 2 is 2.05 bits per heavy atom. The normalized spacial score (nSPS) is 11.5. The molecule has 0 bridgehead atoms. The Morgan fingerprint density at radius 1 is 1.38 bits per heavy atom. The summed E-state index contributed by atoms with van der Waals surface area (Å²) in [6.07, 6.45) is 0. The molecular formula is C14H11BrN4O2. The molecule has 2 aromatic rings. The number of nitrogens with one attached hydrogen (secondary N) is 2. The van der Waals surface area contributed by atoms with E-state index >= 15 is 0 Å². The molecule has 0 saturated heterocycles. The van der Waals surface area contributed by atoms with Crippen LogP contribution in [0.4, 0.5) is 0 Å². The van der Waals surface area contributed by atoms with E-state index in [1.54, 1.807) is 6.07 Å². The number of hydrogen-bond donors (Lipinski definition) is 2. The lowest BCUT2D eigenvalue weighted by Crippen LogP contribution is -2.32. The average molecular weight is 347 g/mol. The molecule has 0 fully saturated rings. The van der Waals surface area contributed by atoms with Gasteiger partial charge in [0.1, 0.15) is 11.4 Å². The predicted molar refractivity (Wildman–Crippen MR) is 79.2 cm³/mol. The fourth-order valence-corrected chi connectivity index (χ4v) is 2.41. The van der Waals surface area contributed by atoms with Gasteiger partial charge in [0.05, 0.1) is 10.5 Å². The first-order valence-corrected chi connectivity index (χ1v) is 6.84. The van der Waals surface area contributed by atoms with Gasteiger partial charge in [0.15, 0.2) is 5.92 Å². The topological polar surface area (TPSA) is 98.6 Å². The maximum atomic E-state index is 12.3. The van der Waals surface area contributed by atoms with Crippen molar-refractivity contribution in [3.05, 3.63) is 40.5 Å². The van der Waals surface area contributed by atoms with Crippen molar-refractivity contribution in [1.82, 2.24) is 15.5 Å². The van der Waals surface area contributed by atoms with Crippen molar-refractivity contribution < 1.29 is 9.59 Å². The van der Waals surface area contributed by atoms with E-state index in [1.165, 1.54) is 7.05 Å². The first-order valence-electron chi connectivity index (χ1n) is 6.04. The number of rotatable bonds is 4. The quantitative estimate of drug-likeness (QED) is 0.652. The van der Waals surface area contributed by atoms with Crippen LogP contribution in [-0.2, 0) is 4.79 Å². The number of amides is 1. The van der Waals surface area contributed by atoms with Gasteiger partial charge in [-0.05, 0) is 15.9 Å². The summed E-state index contributed by atoms with van der Waals surface area (Å²) in [5.41, 5.74) is 1.46. The highest BCUT2D eigenvalue weighted by Crippen LogP contribution is 2.29. The number of aromatic nitrogens is 2. The molecule has 0 aliphatic heterocycles. The molecule has 0 aliphatic carbocycles. The van der Waals surface area contributed by atoms with Crippen LogP contribution in [0, 0.1) is 17.2 Å². The van der Waals surface area contributed by atoms with Gasteiger partial charge in [-0.15, -0.1) is 0 Å². The minimum absolute atomic E-state index is 0.101. The number of H-pyrrole nitrogens is 1. The first-order chi connectivity index (χ1) is 10.1. The van der Waals surface area contributed by atoms with Crippen LogP contribution >= 0.6 is 15.9 Å². The van der Waals surface area contributed by atoms with E-state index in [0.29, 0.717) is 10.2 Å². The average Bonchev–Trinajstić information content (AvgIpc) is 2.90. The van der Waals surface area contributed by atoms with Gasteiger partial charge in [0.25, 0.3) is 0 Å². The highest BCUT2D eigenvalue weighted by atomic mass is 79.9. The van der Waals surface area contributed by atoms with Crippen LogP contribution in [0.3, 0.4) is 0 Å². The highest BCUT2D eigenvalue weighted by molar-refractivity contribution is 9.10. The number of nitrogens with zero attached hydrogens (tertiary/aromatic N) is 2. The summed E-state index contributed by atoms with van der Waals surface area (Å²) < 4.78 is 0.433. The maximum Gasteiger partial charge on any atom is 0.245 e. The summed E-state index contributed by atoms with van der Waals surface area (Å²) in [6.45, 7) is 0. The lowest BCUT2D eigenvalue weighted by Gasteiger charge is -2.05. The van der Waals surface area contributed by atoms with E-state index in [0.717, 1.165) is 5.56 Å². The minimum Gasteiger partial charge on any atom is -0.358 e. The van der Waals surface area contributed by atoms with Gasteiger partial charge in [-0.25, -0.2) is 0 Å². The predicted octanol–water partition coefficient (Wildman–Crippen LogP) is 1.91. The van der Waals surface area contributed by atoms with Gasteiger partial charge < -0.3 is 5.32 Å². The number of halogens is 1. The van der Waals surface area contributed by atoms with Gasteiger partial charge >= 0.3 is 0 Å². The summed E-state index contributed by atoms with van der Waals surface area (Å²) in [7, 11) is 1.37. The van der Waals surface area contributed by atoms with Crippen LogP contribution in [0.25, 0.3) is 11.3 Å². The zero-order valence-electron chi connectivity index (χ0n) is 11.1. The Labute approximate surface area is 129 Å². The first kappa shape index (κ1) is 14.9. The molecule has 2 rings (SSSR count).